The molecular formula is C16H16FNO3. The lowest BCUT2D eigenvalue weighted by Crippen LogP contribution is -2.20. The van der Waals surface area contributed by atoms with E-state index in [0.717, 1.165) is 0 Å². The van der Waals surface area contributed by atoms with Gasteiger partial charge in [-0.05, 0) is 48.9 Å². The van der Waals surface area contributed by atoms with E-state index in [1.165, 1.54) is 24.3 Å². The van der Waals surface area contributed by atoms with Crippen LogP contribution in [-0.4, -0.2) is 17.7 Å². The topological polar surface area (TPSA) is 58.6 Å². The molecule has 2 aromatic carbocycles. The third kappa shape index (κ3) is 3.95. The first-order valence-corrected chi connectivity index (χ1v) is 6.58. The number of anilines is 1. The number of nitrogens with one attached hydrogen (secondary N) is 1. The van der Waals surface area contributed by atoms with Crippen molar-refractivity contribution in [2.75, 3.05) is 11.9 Å². The molecule has 5 heteroatoms. The summed E-state index contributed by atoms with van der Waals surface area (Å²) in [4.78, 5) is 11.4. The lowest BCUT2D eigenvalue weighted by Gasteiger charge is -2.16. The molecule has 0 aromatic heterocycles. The molecule has 0 fully saturated rings. The van der Waals surface area contributed by atoms with E-state index in [9.17, 15) is 14.3 Å². The van der Waals surface area contributed by atoms with Crippen molar-refractivity contribution in [2.45, 2.75) is 13.0 Å². The Hall–Kier alpha value is -2.56. The smallest absolute Gasteiger partial charge is 0.330 e. The Labute approximate surface area is 122 Å². The zero-order valence-electron chi connectivity index (χ0n) is 11.5. The molecule has 2 N–H and O–H groups in total. The van der Waals surface area contributed by atoms with E-state index >= 15 is 0 Å². The molecule has 0 saturated heterocycles. The molecule has 0 aliphatic rings. The Morgan fingerprint density at radius 2 is 1.81 bits per heavy atom. The average molecular weight is 289 g/mol. The number of hydrogen-bond acceptors (Lipinski definition) is 3. The predicted octanol–water partition coefficient (Wildman–Crippen LogP) is 3.46. The Balaban J connectivity index is 2.18. The van der Waals surface area contributed by atoms with Crippen molar-refractivity contribution in [1.82, 2.24) is 0 Å². The van der Waals surface area contributed by atoms with Crippen LogP contribution < -0.4 is 10.1 Å². The van der Waals surface area contributed by atoms with Gasteiger partial charge in [-0.15, -0.1) is 0 Å². The van der Waals surface area contributed by atoms with E-state index in [-0.39, 0.29) is 5.82 Å². The number of halogens is 1. The van der Waals surface area contributed by atoms with E-state index in [2.05, 4.69) is 5.32 Å². The van der Waals surface area contributed by atoms with Gasteiger partial charge in [-0.1, -0.05) is 12.1 Å². The third-order valence-corrected chi connectivity index (χ3v) is 2.93. The summed E-state index contributed by atoms with van der Waals surface area (Å²) in [5, 5.41) is 12.2. The van der Waals surface area contributed by atoms with Gasteiger partial charge in [0.2, 0.25) is 0 Å². The molecule has 1 atom stereocenters. The summed E-state index contributed by atoms with van der Waals surface area (Å²) >= 11 is 0. The zero-order chi connectivity index (χ0) is 15.2. The maximum Gasteiger partial charge on any atom is 0.330 e. The van der Waals surface area contributed by atoms with Crippen LogP contribution in [0.15, 0.2) is 48.5 Å². The van der Waals surface area contributed by atoms with Crippen LogP contribution in [0.1, 0.15) is 18.5 Å². The summed E-state index contributed by atoms with van der Waals surface area (Å²) in [6.07, 6.45) is 0. The van der Waals surface area contributed by atoms with Gasteiger partial charge in [0.1, 0.15) is 11.6 Å². The molecule has 110 valence electrons. The van der Waals surface area contributed by atoms with Crippen molar-refractivity contribution in [3.63, 3.8) is 0 Å². The molecule has 0 radical (unpaired) electrons. The second kappa shape index (κ2) is 6.74. The quantitative estimate of drug-likeness (QED) is 0.855. The van der Waals surface area contributed by atoms with E-state index < -0.39 is 12.0 Å². The van der Waals surface area contributed by atoms with Crippen LogP contribution in [0.5, 0.6) is 5.75 Å². The fourth-order valence-corrected chi connectivity index (χ4v) is 1.92. The number of hydrogen-bond donors (Lipinski definition) is 2. The van der Waals surface area contributed by atoms with Crippen LogP contribution in [0, 0.1) is 5.82 Å². The first-order valence-electron chi connectivity index (χ1n) is 6.58. The summed E-state index contributed by atoms with van der Waals surface area (Å²) in [6, 6.07) is 11.5. The number of carbonyl (C=O) groups is 1. The predicted molar refractivity (Wildman–Crippen MR) is 78.0 cm³/mol. The van der Waals surface area contributed by atoms with E-state index in [0.29, 0.717) is 23.6 Å². The van der Waals surface area contributed by atoms with Gasteiger partial charge in [0.15, 0.2) is 6.04 Å². The molecule has 0 amide bonds. The van der Waals surface area contributed by atoms with E-state index in [1.807, 2.05) is 6.92 Å². The summed E-state index contributed by atoms with van der Waals surface area (Å²) in [5.74, 6) is -0.691. The van der Waals surface area contributed by atoms with Crippen LogP contribution in [0.4, 0.5) is 10.1 Å². The Bertz CT molecular complexity index is 596. The van der Waals surface area contributed by atoms with Crippen LogP contribution in [0.3, 0.4) is 0 Å². The highest BCUT2D eigenvalue weighted by Crippen LogP contribution is 2.22. The van der Waals surface area contributed by atoms with Crippen molar-refractivity contribution < 1.29 is 19.0 Å². The SMILES string of the molecule is CCOc1ccc(C(Nc2ccc(F)cc2)C(=O)O)cc1. The molecule has 0 spiro atoms. The minimum absolute atomic E-state index is 0.367. The van der Waals surface area contributed by atoms with Gasteiger partial charge in [0.05, 0.1) is 6.61 Å². The van der Waals surface area contributed by atoms with Crippen LogP contribution in [-0.2, 0) is 4.79 Å². The Kier molecular flexibility index (Phi) is 4.77. The lowest BCUT2D eigenvalue weighted by molar-refractivity contribution is -0.138. The van der Waals surface area contributed by atoms with Crippen LogP contribution in [0.25, 0.3) is 0 Å². The summed E-state index contributed by atoms with van der Waals surface area (Å²) in [7, 11) is 0. The Morgan fingerprint density at radius 3 is 2.33 bits per heavy atom. The molecule has 2 rings (SSSR count). The highest BCUT2D eigenvalue weighted by molar-refractivity contribution is 5.79. The van der Waals surface area contributed by atoms with Crippen LogP contribution >= 0.6 is 0 Å². The number of rotatable bonds is 6. The standard InChI is InChI=1S/C16H16FNO3/c1-2-21-14-9-3-11(4-10-14)15(16(19)20)18-13-7-5-12(17)6-8-13/h3-10,15,18H,2H2,1H3,(H,19,20). The van der Waals surface area contributed by atoms with Crippen LogP contribution in [0.2, 0.25) is 0 Å². The van der Waals surface area contributed by atoms with Crippen molar-refractivity contribution in [2.24, 2.45) is 0 Å². The largest absolute Gasteiger partial charge is 0.494 e. The molecule has 0 bridgehead atoms. The summed E-state index contributed by atoms with van der Waals surface area (Å²) in [5.41, 5.74) is 1.13. The molecule has 1 unspecified atom stereocenters. The molecule has 2 aromatic rings. The number of carboxylic acid groups (broad SMARTS) is 1. The maximum absolute atomic E-state index is 12.9. The van der Waals surface area contributed by atoms with Gasteiger partial charge in [0.25, 0.3) is 0 Å². The Morgan fingerprint density at radius 1 is 1.19 bits per heavy atom. The monoisotopic (exact) mass is 289 g/mol. The van der Waals surface area contributed by atoms with E-state index in [1.54, 1.807) is 24.3 Å². The molecule has 0 aliphatic carbocycles. The highest BCUT2D eigenvalue weighted by Gasteiger charge is 2.19. The van der Waals surface area contributed by atoms with Gasteiger partial charge in [-0.2, -0.15) is 0 Å². The number of carboxylic acids is 1. The second-order valence-corrected chi connectivity index (χ2v) is 4.42. The van der Waals surface area contributed by atoms with Crippen molar-refractivity contribution in [3.05, 3.63) is 59.9 Å². The highest BCUT2D eigenvalue weighted by atomic mass is 19.1. The van der Waals surface area contributed by atoms with Crippen molar-refractivity contribution in [1.29, 1.82) is 0 Å². The maximum atomic E-state index is 12.9. The molecule has 4 nitrogen and oxygen atoms in total. The van der Waals surface area contributed by atoms with Crippen molar-refractivity contribution in [3.8, 4) is 5.75 Å². The average Bonchev–Trinajstić information content (AvgIpc) is 2.48. The first-order chi connectivity index (χ1) is 10.1. The van der Waals surface area contributed by atoms with Gasteiger partial charge in [0, 0.05) is 5.69 Å². The minimum atomic E-state index is -1.01. The van der Waals surface area contributed by atoms with Gasteiger partial charge in [-0.25, -0.2) is 9.18 Å². The lowest BCUT2D eigenvalue weighted by atomic mass is 10.1. The first kappa shape index (κ1) is 14.8. The fourth-order valence-electron chi connectivity index (χ4n) is 1.92. The normalized spacial score (nSPS) is 11.7. The number of aliphatic carboxylic acids is 1. The number of ether oxygens (including phenoxy) is 1. The second-order valence-electron chi connectivity index (χ2n) is 4.42. The summed E-state index contributed by atoms with van der Waals surface area (Å²) in [6.45, 7) is 2.43. The molecule has 0 heterocycles. The van der Waals surface area contributed by atoms with Gasteiger partial charge < -0.3 is 15.2 Å². The van der Waals surface area contributed by atoms with Gasteiger partial charge in [-0.3, -0.25) is 0 Å². The zero-order valence-corrected chi connectivity index (χ0v) is 11.5. The molecule has 0 saturated carbocycles. The van der Waals surface area contributed by atoms with Crippen molar-refractivity contribution >= 4 is 11.7 Å². The third-order valence-electron chi connectivity index (χ3n) is 2.93. The fraction of sp³-hybridized carbons (Fsp3) is 0.188. The molecule has 21 heavy (non-hydrogen) atoms. The molecular weight excluding hydrogens is 273 g/mol. The molecule has 0 aliphatic heterocycles. The number of benzene rings is 2. The van der Waals surface area contributed by atoms with Gasteiger partial charge >= 0.3 is 5.97 Å². The van der Waals surface area contributed by atoms with E-state index in [4.69, 9.17) is 4.74 Å². The summed E-state index contributed by atoms with van der Waals surface area (Å²) < 4.78 is 18.2. The minimum Gasteiger partial charge on any atom is -0.494 e.